The molecule has 0 spiro atoms. The number of nitrogens with zero attached hydrogens (tertiary/aromatic N) is 1. The largest absolute Gasteiger partial charge is 0.497 e. The first-order valence-corrected chi connectivity index (χ1v) is 7.56. The number of carbonyl (C=O) groups excluding carboxylic acids is 1. The monoisotopic (exact) mass is 335 g/mol. The van der Waals surface area contributed by atoms with Gasteiger partial charge in [0.25, 0.3) is 0 Å². The highest BCUT2D eigenvalue weighted by Crippen LogP contribution is 2.25. The Kier molecular flexibility index (Phi) is 6.51. The zero-order valence-corrected chi connectivity index (χ0v) is 13.6. The summed E-state index contributed by atoms with van der Waals surface area (Å²) in [6.45, 7) is 1.96. The predicted octanol–water partition coefficient (Wildman–Crippen LogP) is 2.90. The quantitative estimate of drug-likeness (QED) is 0.435. The van der Waals surface area contributed by atoms with Gasteiger partial charge in [-0.25, -0.2) is 0 Å². The Balaban J connectivity index is 1.94. The maximum absolute atomic E-state index is 12.1. The highest BCUT2D eigenvalue weighted by atomic mass is 17.1. The molecule has 0 aliphatic rings. The number of methoxy groups -OCH3 is 1. The van der Waals surface area contributed by atoms with E-state index in [1.165, 1.54) is 0 Å². The highest BCUT2D eigenvalue weighted by molar-refractivity contribution is 5.86. The standard InChI is InChI=1S/C17H21NO6/c1-12(17(19)23-8-3-9-24-18(20)21)13-4-5-15-11-16(22-2)7-6-14(15)10-13/h4-7,10-12,20-21H,3,8-9H2,1-2H3. The van der Waals surface area contributed by atoms with Crippen LogP contribution in [-0.2, 0) is 14.4 Å². The van der Waals surface area contributed by atoms with Crippen LogP contribution in [0.1, 0.15) is 24.8 Å². The van der Waals surface area contributed by atoms with Crippen molar-refractivity contribution in [2.45, 2.75) is 19.3 Å². The minimum atomic E-state index is -0.399. The molecule has 1 unspecified atom stereocenters. The summed E-state index contributed by atoms with van der Waals surface area (Å²) in [5, 5.41) is 18.4. The molecule has 0 amide bonds. The van der Waals surface area contributed by atoms with Crippen molar-refractivity contribution in [1.82, 2.24) is 5.39 Å². The zero-order valence-electron chi connectivity index (χ0n) is 13.6. The minimum Gasteiger partial charge on any atom is -0.497 e. The predicted molar refractivity (Wildman–Crippen MR) is 85.9 cm³/mol. The average molecular weight is 335 g/mol. The van der Waals surface area contributed by atoms with Crippen LogP contribution in [0.2, 0.25) is 0 Å². The second-order valence-electron chi connectivity index (χ2n) is 5.30. The lowest BCUT2D eigenvalue weighted by molar-refractivity contribution is -0.492. The molecule has 0 aromatic heterocycles. The molecule has 0 bridgehead atoms. The summed E-state index contributed by atoms with van der Waals surface area (Å²) in [5.74, 6) is 0.0477. The molecule has 24 heavy (non-hydrogen) atoms. The van der Waals surface area contributed by atoms with E-state index in [0.29, 0.717) is 6.42 Å². The van der Waals surface area contributed by atoms with Crippen LogP contribution in [0.5, 0.6) is 5.75 Å². The van der Waals surface area contributed by atoms with Crippen LogP contribution in [0, 0.1) is 0 Å². The normalized spacial score (nSPS) is 12.4. The first kappa shape index (κ1) is 18.2. The summed E-state index contributed by atoms with van der Waals surface area (Å²) in [5.41, 5.74) is 0.866. The molecule has 7 heteroatoms. The summed E-state index contributed by atoms with van der Waals surface area (Å²) in [6, 6.07) is 11.6. The maximum Gasteiger partial charge on any atom is 0.313 e. The van der Waals surface area contributed by atoms with Gasteiger partial charge in [-0.05, 0) is 35.4 Å². The molecule has 0 radical (unpaired) electrons. The first-order chi connectivity index (χ1) is 11.5. The smallest absolute Gasteiger partial charge is 0.313 e. The molecule has 0 aliphatic heterocycles. The fraction of sp³-hybridized carbons (Fsp3) is 0.353. The van der Waals surface area contributed by atoms with Crippen molar-refractivity contribution in [2.75, 3.05) is 20.3 Å². The third-order valence-electron chi connectivity index (χ3n) is 3.66. The van der Waals surface area contributed by atoms with E-state index in [-0.39, 0.29) is 24.6 Å². The van der Waals surface area contributed by atoms with Crippen molar-refractivity contribution < 1.29 is 29.5 Å². The number of carbonyl (C=O) groups is 1. The van der Waals surface area contributed by atoms with Gasteiger partial charge in [0, 0.05) is 6.42 Å². The fourth-order valence-electron chi connectivity index (χ4n) is 2.28. The van der Waals surface area contributed by atoms with E-state index in [1.807, 2.05) is 36.4 Å². The molecule has 0 saturated carbocycles. The van der Waals surface area contributed by atoms with Crippen molar-refractivity contribution in [1.29, 1.82) is 0 Å². The first-order valence-electron chi connectivity index (χ1n) is 7.56. The van der Waals surface area contributed by atoms with Gasteiger partial charge in [-0.1, -0.05) is 24.3 Å². The van der Waals surface area contributed by atoms with Gasteiger partial charge in [-0.3, -0.25) is 20.0 Å². The van der Waals surface area contributed by atoms with E-state index in [0.717, 1.165) is 22.1 Å². The van der Waals surface area contributed by atoms with Gasteiger partial charge in [0.05, 0.1) is 31.6 Å². The van der Waals surface area contributed by atoms with Crippen molar-refractivity contribution in [2.24, 2.45) is 0 Å². The minimum absolute atomic E-state index is 0.0342. The lowest BCUT2D eigenvalue weighted by Crippen LogP contribution is -2.18. The van der Waals surface area contributed by atoms with Gasteiger partial charge in [0.15, 0.2) is 0 Å². The van der Waals surface area contributed by atoms with Gasteiger partial charge >= 0.3 is 5.97 Å². The number of rotatable bonds is 8. The van der Waals surface area contributed by atoms with Crippen LogP contribution >= 0.6 is 0 Å². The molecule has 2 N–H and O–H groups in total. The number of hydrogen-bond acceptors (Lipinski definition) is 7. The van der Waals surface area contributed by atoms with Gasteiger partial charge in [0.1, 0.15) is 5.75 Å². The number of benzene rings is 2. The van der Waals surface area contributed by atoms with Gasteiger partial charge < -0.3 is 9.47 Å². The van der Waals surface area contributed by atoms with E-state index < -0.39 is 5.92 Å². The Labute approximate surface area is 139 Å². The van der Waals surface area contributed by atoms with Crippen LogP contribution in [0.15, 0.2) is 36.4 Å². The van der Waals surface area contributed by atoms with Crippen LogP contribution in [-0.4, -0.2) is 42.1 Å². The molecule has 0 aliphatic carbocycles. The number of fused-ring (bicyclic) bond motifs is 1. The number of hydrogen-bond donors (Lipinski definition) is 2. The Bertz CT molecular complexity index is 688. The summed E-state index contributed by atoms with van der Waals surface area (Å²) >= 11 is 0. The van der Waals surface area contributed by atoms with Gasteiger partial charge in [-0.15, -0.1) is 0 Å². The summed E-state index contributed by atoms with van der Waals surface area (Å²) in [7, 11) is 1.62. The van der Waals surface area contributed by atoms with E-state index in [1.54, 1.807) is 14.0 Å². The number of esters is 1. The van der Waals surface area contributed by atoms with Crippen LogP contribution in [0.25, 0.3) is 10.8 Å². The Hall–Kier alpha value is -2.19. The van der Waals surface area contributed by atoms with Crippen molar-refractivity contribution >= 4 is 16.7 Å². The molecule has 0 saturated heterocycles. The molecule has 0 fully saturated rings. The highest BCUT2D eigenvalue weighted by Gasteiger charge is 2.17. The number of ether oxygens (including phenoxy) is 2. The van der Waals surface area contributed by atoms with Crippen LogP contribution < -0.4 is 4.74 Å². The summed E-state index contributed by atoms with van der Waals surface area (Å²) in [4.78, 5) is 16.5. The van der Waals surface area contributed by atoms with Gasteiger partial charge in [-0.2, -0.15) is 0 Å². The zero-order chi connectivity index (χ0) is 17.5. The molecule has 2 rings (SSSR count). The molecule has 0 heterocycles. The third kappa shape index (κ3) is 4.90. The lowest BCUT2D eigenvalue weighted by atomic mass is 9.98. The molecule has 2 aromatic carbocycles. The maximum atomic E-state index is 12.1. The summed E-state index contributed by atoms with van der Waals surface area (Å²) < 4.78 is 10.4. The molecular formula is C17H21NO6. The molecule has 7 nitrogen and oxygen atoms in total. The lowest BCUT2D eigenvalue weighted by Gasteiger charge is -2.13. The molecule has 2 aromatic rings. The van der Waals surface area contributed by atoms with Crippen molar-refractivity contribution in [3.63, 3.8) is 0 Å². The Morgan fingerprint density at radius 2 is 1.83 bits per heavy atom. The second kappa shape index (κ2) is 8.60. The summed E-state index contributed by atoms with van der Waals surface area (Å²) in [6.07, 6.45) is 0.355. The SMILES string of the molecule is COc1ccc2cc(C(C)C(=O)OCCCON(O)O)ccc2c1. The topological polar surface area (TPSA) is 88.5 Å². The van der Waals surface area contributed by atoms with E-state index in [4.69, 9.17) is 19.9 Å². The Morgan fingerprint density at radius 3 is 2.54 bits per heavy atom. The van der Waals surface area contributed by atoms with Crippen LogP contribution in [0.4, 0.5) is 0 Å². The average Bonchev–Trinajstić information content (AvgIpc) is 2.59. The van der Waals surface area contributed by atoms with E-state index in [2.05, 4.69) is 4.84 Å². The van der Waals surface area contributed by atoms with E-state index in [9.17, 15) is 4.79 Å². The van der Waals surface area contributed by atoms with Crippen molar-refractivity contribution in [3.05, 3.63) is 42.0 Å². The van der Waals surface area contributed by atoms with Gasteiger partial charge in [0.2, 0.25) is 0 Å². The third-order valence-corrected chi connectivity index (χ3v) is 3.66. The van der Waals surface area contributed by atoms with E-state index >= 15 is 0 Å². The van der Waals surface area contributed by atoms with Crippen molar-refractivity contribution in [3.8, 4) is 5.75 Å². The molecule has 1 atom stereocenters. The fourth-order valence-corrected chi connectivity index (χ4v) is 2.28. The second-order valence-corrected chi connectivity index (χ2v) is 5.30. The molecular weight excluding hydrogens is 314 g/mol. The molecule has 130 valence electrons. The Morgan fingerprint density at radius 1 is 1.12 bits per heavy atom. The van der Waals surface area contributed by atoms with Crippen LogP contribution in [0.3, 0.4) is 0 Å².